The van der Waals surface area contributed by atoms with Gasteiger partial charge in [0.2, 0.25) is 5.91 Å². The lowest BCUT2D eigenvalue weighted by Crippen LogP contribution is -2.37. The van der Waals surface area contributed by atoms with Crippen molar-refractivity contribution in [1.82, 2.24) is 5.32 Å². The molecule has 1 aromatic rings. The quantitative estimate of drug-likeness (QED) is 0.828. The third kappa shape index (κ3) is 3.42. The third-order valence-electron chi connectivity index (χ3n) is 4.77. The molecule has 2 saturated heterocycles. The topological polar surface area (TPSA) is 83.1 Å². The molecule has 0 aromatic heterocycles. The Morgan fingerprint density at radius 3 is 2.80 bits per heavy atom. The van der Waals surface area contributed by atoms with Crippen molar-refractivity contribution in [3.63, 3.8) is 0 Å². The van der Waals surface area contributed by atoms with E-state index in [0.29, 0.717) is 31.3 Å². The van der Waals surface area contributed by atoms with E-state index in [1.165, 1.54) is 0 Å². The predicted octanol–water partition coefficient (Wildman–Crippen LogP) is 1.36. The molecule has 2 fully saturated rings. The van der Waals surface area contributed by atoms with Crippen LogP contribution in [-0.4, -0.2) is 44.3 Å². The van der Waals surface area contributed by atoms with E-state index in [0.717, 1.165) is 25.0 Å². The highest BCUT2D eigenvalue weighted by Gasteiger charge is 2.41. The Bertz CT molecular complexity index is 670. The molecule has 3 aliphatic rings. The minimum absolute atomic E-state index is 0.0646. The van der Waals surface area contributed by atoms with E-state index in [9.17, 15) is 9.59 Å². The SMILES string of the molecule is O=C1CC(C(=O)NCC2CCCO2)C(c2ccc3c(c2)OCCO3)O1. The van der Waals surface area contributed by atoms with Gasteiger partial charge in [0.05, 0.1) is 18.4 Å². The van der Waals surface area contributed by atoms with Gasteiger partial charge in [0.1, 0.15) is 19.3 Å². The molecule has 1 amide bonds. The number of esters is 1. The number of ether oxygens (including phenoxy) is 4. The number of benzene rings is 1. The molecule has 0 bridgehead atoms. The average Bonchev–Trinajstić information content (AvgIpc) is 3.29. The van der Waals surface area contributed by atoms with E-state index in [-0.39, 0.29) is 24.4 Å². The standard InChI is InChI=1S/C18H21NO6/c20-16-9-13(18(21)19-10-12-2-1-5-22-12)17(25-16)11-3-4-14-15(8-11)24-7-6-23-14/h3-4,8,12-13,17H,1-2,5-7,9-10H2,(H,19,21). The predicted molar refractivity (Wildman–Crippen MR) is 86.4 cm³/mol. The van der Waals surface area contributed by atoms with Crippen molar-refractivity contribution in [2.24, 2.45) is 5.92 Å². The highest BCUT2D eigenvalue weighted by Crippen LogP contribution is 2.40. The molecular formula is C18H21NO6. The maximum absolute atomic E-state index is 12.6. The molecule has 3 unspecified atom stereocenters. The molecule has 3 atom stereocenters. The van der Waals surface area contributed by atoms with Crippen LogP contribution in [0.25, 0.3) is 0 Å². The van der Waals surface area contributed by atoms with Crippen LogP contribution < -0.4 is 14.8 Å². The van der Waals surface area contributed by atoms with Gasteiger partial charge in [-0.2, -0.15) is 0 Å². The lowest BCUT2D eigenvalue weighted by Gasteiger charge is -2.22. The van der Waals surface area contributed by atoms with Crippen molar-refractivity contribution in [1.29, 1.82) is 0 Å². The van der Waals surface area contributed by atoms with Crippen LogP contribution in [0, 0.1) is 5.92 Å². The normalized spacial score (nSPS) is 27.8. The van der Waals surface area contributed by atoms with Gasteiger partial charge >= 0.3 is 5.97 Å². The van der Waals surface area contributed by atoms with Crippen LogP contribution in [-0.2, 0) is 19.1 Å². The number of carbonyl (C=O) groups is 2. The van der Waals surface area contributed by atoms with Gasteiger partial charge in [-0.25, -0.2) is 0 Å². The van der Waals surface area contributed by atoms with Crippen molar-refractivity contribution in [2.75, 3.05) is 26.4 Å². The van der Waals surface area contributed by atoms with E-state index in [4.69, 9.17) is 18.9 Å². The van der Waals surface area contributed by atoms with Crippen LogP contribution in [0.4, 0.5) is 0 Å². The molecule has 134 valence electrons. The van der Waals surface area contributed by atoms with Gasteiger partial charge in [0.15, 0.2) is 11.5 Å². The van der Waals surface area contributed by atoms with Crippen LogP contribution >= 0.6 is 0 Å². The first-order chi connectivity index (χ1) is 12.2. The monoisotopic (exact) mass is 347 g/mol. The van der Waals surface area contributed by atoms with Gasteiger partial charge < -0.3 is 24.3 Å². The fourth-order valence-corrected chi connectivity index (χ4v) is 3.48. The van der Waals surface area contributed by atoms with Crippen LogP contribution in [0.2, 0.25) is 0 Å². The smallest absolute Gasteiger partial charge is 0.307 e. The van der Waals surface area contributed by atoms with E-state index >= 15 is 0 Å². The summed E-state index contributed by atoms with van der Waals surface area (Å²) in [5.74, 6) is 0.193. The van der Waals surface area contributed by atoms with Gasteiger partial charge in [-0.3, -0.25) is 9.59 Å². The van der Waals surface area contributed by atoms with Crippen molar-refractivity contribution >= 4 is 11.9 Å². The Morgan fingerprint density at radius 1 is 1.16 bits per heavy atom. The Labute approximate surface area is 145 Å². The molecule has 3 heterocycles. The summed E-state index contributed by atoms with van der Waals surface area (Å²) < 4.78 is 22.0. The first-order valence-corrected chi connectivity index (χ1v) is 8.69. The number of cyclic esters (lactones) is 1. The van der Waals surface area contributed by atoms with Gasteiger partial charge in [-0.05, 0) is 30.5 Å². The van der Waals surface area contributed by atoms with Gasteiger partial charge in [0, 0.05) is 13.2 Å². The summed E-state index contributed by atoms with van der Waals surface area (Å²) in [6.45, 7) is 2.20. The summed E-state index contributed by atoms with van der Waals surface area (Å²) in [6.07, 6.45) is 1.51. The number of hydrogen-bond donors (Lipinski definition) is 1. The van der Waals surface area contributed by atoms with E-state index in [2.05, 4.69) is 5.32 Å². The Hall–Kier alpha value is -2.28. The summed E-state index contributed by atoms with van der Waals surface area (Å²) in [5.41, 5.74) is 0.743. The molecule has 4 rings (SSSR count). The minimum Gasteiger partial charge on any atom is -0.486 e. The second-order valence-electron chi connectivity index (χ2n) is 6.50. The molecule has 0 spiro atoms. The molecular weight excluding hydrogens is 326 g/mol. The number of carbonyl (C=O) groups excluding carboxylic acids is 2. The summed E-state index contributed by atoms with van der Waals surface area (Å²) in [6, 6.07) is 5.40. The molecule has 0 radical (unpaired) electrons. The highest BCUT2D eigenvalue weighted by atomic mass is 16.6. The van der Waals surface area contributed by atoms with Crippen LogP contribution in [0.5, 0.6) is 11.5 Å². The fraction of sp³-hybridized carbons (Fsp3) is 0.556. The summed E-state index contributed by atoms with van der Waals surface area (Å²) in [5, 5.41) is 2.90. The number of rotatable bonds is 4. The first kappa shape index (κ1) is 16.2. The number of amides is 1. The Balaban J connectivity index is 1.47. The highest BCUT2D eigenvalue weighted by molar-refractivity contribution is 5.87. The fourth-order valence-electron chi connectivity index (χ4n) is 3.48. The van der Waals surface area contributed by atoms with Crippen molar-refractivity contribution < 1.29 is 28.5 Å². The Kier molecular flexibility index (Phi) is 4.48. The number of nitrogens with one attached hydrogen (secondary N) is 1. The maximum atomic E-state index is 12.6. The van der Waals surface area contributed by atoms with E-state index < -0.39 is 12.0 Å². The molecule has 7 heteroatoms. The molecule has 0 aliphatic carbocycles. The summed E-state index contributed by atoms with van der Waals surface area (Å²) in [7, 11) is 0. The molecule has 3 aliphatic heterocycles. The molecule has 7 nitrogen and oxygen atoms in total. The molecule has 0 saturated carbocycles. The van der Waals surface area contributed by atoms with E-state index in [1.54, 1.807) is 12.1 Å². The average molecular weight is 347 g/mol. The van der Waals surface area contributed by atoms with Crippen molar-refractivity contribution in [3.05, 3.63) is 23.8 Å². The molecule has 25 heavy (non-hydrogen) atoms. The summed E-state index contributed by atoms with van der Waals surface area (Å²) in [4.78, 5) is 24.4. The number of hydrogen-bond acceptors (Lipinski definition) is 6. The lowest BCUT2D eigenvalue weighted by atomic mass is 9.94. The van der Waals surface area contributed by atoms with E-state index in [1.807, 2.05) is 6.07 Å². The van der Waals surface area contributed by atoms with Gasteiger partial charge in [0.25, 0.3) is 0 Å². The molecule has 1 aromatic carbocycles. The van der Waals surface area contributed by atoms with Gasteiger partial charge in [-0.15, -0.1) is 0 Å². The number of fused-ring (bicyclic) bond motifs is 1. The van der Waals surface area contributed by atoms with Crippen LogP contribution in [0.15, 0.2) is 18.2 Å². The second kappa shape index (κ2) is 6.92. The van der Waals surface area contributed by atoms with Gasteiger partial charge in [-0.1, -0.05) is 6.07 Å². The Morgan fingerprint density at radius 2 is 2.00 bits per heavy atom. The maximum Gasteiger partial charge on any atom is 0.307 e. The minimum atomic E-state index is -0.604. The lowest BCUT2D eigenvalue weighted by molar-refractivity contribution is -0.141. The summed E-state index contributed by atoms with van der Waals surface area (Å²) >= 11 is 0. The molecule has 1 N–H and O–H groups in total. The van der Waals surface area contributed by atoms with Crippen molar-refractivity contribution in [2.45, 2.75) is 31.5 Å². The third-order valence-corrected chi connectivity index (χ3v) is 4.77. The van der Waals surface area contributed by atoms with Crippen LogP contribution in [0.1, 0.15) is 30.9 Å². The van der Waals surface area contributed by atoms with Crippen molar-refractivity contribution in [3.8, 4) is 11.5 Å². The van der Waals surface area contributed by atoms with Crippen LogP contribution in [0.3, 0.4) is 0 Å². The first-order valence-electron chi connectivity index (χ1n) is 8.69. The zero-order valence-corrected chi connectivity index (χ0v) is 13.9. The zero-order valence-electron chi connectivity index (χ0n) is 13.9. The zero-order chi connectivity index (χ0) is 17.2. The second-order valence-corrected chi connectivity index (χ2v) is 6.50. The largest absolute Gasteiger partial charge is 0.486 e.